The summed E-state index contributed by atoms with van der Waals surface area (Å²) in [6.07, 6.45) is 2.49. The van der Waals surface area contributed by atoms with E-state index in [0.717, 1.165) is 17.8 Å². The molecule has 3 aromatic rings. The zero-order valence-electron chi connectivity index (χ0n) is 18.4. The van der Waals surface area contributed by atoms with Gasteiger partial charge in [-0.3, -0.25) is 19.5 Å². The lowest BCUT2D eigenvalue weighted by Gasteiger charge is -2.30. The number of nitrogens with one attached hydrogen (secondary N) is 1. The first kappa shape index (κ1) is 21.6. The molecule has 0 spiro atoms. The zero-order chi connectivity index (χ0) is 22.8. The van der Waals surface area contributed by atoms with Crippen LogP contribution in [0.25, 0.3) is 0 Å². The highest BCUT2D eigenvalue weighted by Gasteiger charge is 2.55. The minimum absolute atomic E-state index is 0.00599. The van der Waals surface area contributed by atoms with Crippen LogP contribution in [0.2, 0.25) is 0 Å². The van der Waals surface area contributed by atoms with Gasteiger partial charge in [0.2, 0.25) is 5.91 Å². The quantitative estimate of drug-likeness (QED) is 0.580. The van der Waals surface area contributed by atoms with Crippen LogP contribution >= 0.6 is 0 Å². The maximum atomic E-state index is 13.5. The number of pyridine rings is 2. The van der Waals surface area contributed by atoms with Crippen molar-refractivity contribution in [2.24, 2.45) is 11.8 Å². The number of aliphatic hydroxyl groups excluding tert-OH is 1. The van der Waals surface area contributed by atoms with Crippen LogP contribution in [0.5, 0.6) is 0 Å². The van der Waals surface area contributed by atoms with Gasteiger partial charge < -0.3 is 15.0 Å². The fourth-order valence-corrected chi connectivity index (χ4v) is 5.50. The molecule has 7 nitrogen and oxygen atoms in total. The Labute approximate surface area is 192 Å². The Balaban J connectivity index is 1.44. The smallest absolute Gasteiger partial charge is 0.250 e. The number of fused-ring (bicyclic) bond motifs is 3. The zero-order valence-corrected chi connectivity index (χ0v) is 18.4. The molecule has 5 rings (SSSR count). The lowest BCUT2D eigenvalue weighted by Crippen LogP contribution is -2.48. The molecule has 1 amide bonds. The molecule has 0 bridgehead atoms. The van der Waals surface area contributed by atoms with Crippen molar-refractivity contribution in [3.05, 3.63) is 100 Å². The minimum Gasteiger partial charge on any atom is -0.396 e. The molecule has 33 heavy (non-hydrogen) atoms. The lowest BCUT2D eigenvalue weighted by atomic mass is 9.88. The molecular formula is C26H28N4O3. The van der Waals surface area contributed by atoms with Crippen LogP contribution < -0.4 is 10.9 Å². The SMILES string of the molecule is O=C(NCc1ccccn1)[C@H]1[C@H](CO)[C@H]2Cn3c(cccc3=O)[C@H]2N1CCc1ccccc1. The number of hydrogen-bond acceptors (Lipinski definition) is 5. The van der Waals surface area contributed by atoms with Crippen LogP contribution in [0.1, 0.15) is 23.0 Å². The van der Waals surface area contributed by atoms with Gasteiger partial charge in [-0.1, -0.05) is 42.5 Å². The summed E-state index contributed by atoms with van der Waals surface area (Å²) in [6.45, 7) is 1.42. The Morgan fingerprint density at radius 3 is 2.64 bits per heavy atom. The molecule has 1 saturated heterocycles. The van der Waals surface area contributed by atoms with Gasteiger partial charge in [0.05, 0.1) is 24.3 Å². The third kappa shape index (κ3) is 4.10. The van der Waals surface area contributed by atoms with E-state index in [-0.39, 0.29) is 36.0 Å². The van der Waals surface area contributed by atoms with Crippen molar-refractivity contribution in [2.75, 3.05) is 13.2 Å². The summed E-state index contributed by atoms with van der Waals surface area (Å²) in [6, 6.07) is 20.6. The summed E-state index contributed by atoms with van der Waals surface area (Å²) in [7, 11) is 0. The van der Waals surface area contributed by atoms with Gasteiger partial charge in [-0.05, 0) is 30.2 Å². The van der Waals surface area contributed by atoms with Gasteiger partial charge >= 0.3 is 0 Å². The first-order chi connectivity index (χ1) is 16.2. The predicted molar refractivity (Wildman–Crippen MR) is 124 cm³/mol. The largest absolute Gasteiger partial charge is 0.396 e. The molecule has 1 fully saturated rings. The number of amides is 1. The van der Waals surface area contributed by atoms with E-state index in [9.17, 15) is 14.7 Å². The summed E-state index contributed by atoms with van der Waals surface area (Å²) in [5, 5.41) is 13.4. The molecule has 0 radical (unpaired) electrons. The molecule has 0 aliphatic carbocycles. The Kier molecular flexibility index (Phi) is 6.07. The summed E-state index contributed by atoms with van der Waals surface area (Å²) >= 11 is 0. The van der Waals surface area contributed by atoms with Crippen LogP contribution in [0.4, 0.5) is 0 Å². The summed E-state index contributed by atoms with van der Waals surface area (Å²) in [5.74, 6) is -0.354. The molecule has 4 heterocycles. The second kappa shape index (κ2) is 9.29. The molecule has 2 aliphatic rings. The first-order valence-electron chi connectivity index (χ1n) is 11.5. The van der Waals surface area contributed by atoms with Crippen LogP contribution in [0.3, 0.4) is 0 Å². The van der Waals surface area contributed by atoms with Crippen molar-refractivity contribution in [2.45, 2.75) is 31.6 Å². The van der Waals surface area contributed by atoms with E-state index < -0.39 is 6.04 Å². The Hall–Kier alpha value is -3.29. The summed E-state index contributed by atoms with van der Waals surface area (Å²) in [5.41, 5.74) is 2.88. The molecule has 7 heteroatoms. The van der Waals surface area contributed by atoms with Crippen molar-refractivity contribution in [1.82, 2.24) is 19.8 Å². The van der Waals surface area contributed by atoms with Crippen molar-refractivity contribution in [1.29, 1.82) is 0 Å². The maximum Gasteiger partial charge on any atom is 0.250 e. The van der Waals surface area contributed by atoms with Crippen LogP contribution in [-0.4, -0.2) is 44.7 Å². The standard InChI is InChI=1S/C26H28N4O3/c31-17-21-20-16-30-22(10-6-11-23(30)32)24(20)29(14-12-18-7-2-1-3-8-18)25(21)26(33)28-15-19-9-4-5-13-27-19/h1-11,13,20-21,24-25,31H,12,14-17H2,(H,28,33)/t20-,21-,24+,25-/m1/s1. The number of carbonyl (C=O) groups is 1. The molecule has 2 aliphatic heterocycles. The molecule has 4 atom stereocenters. The van der Waals surface area contributed by atoms with Crippen molar-refractivity contribution in [3.8, 4) is 0 Å². The Morgan fingerprint density at radius 2 is 1.88 bits per heavy atom. The number of carbonyl (C=O) groups excluding carboxylic acids is 1. The number of likely N-dealkylation sites (tertiary alicyclic amines) is 1. The van der Waals surface area contributed by atoms with Gasteiger partial charge in [0.25, 0.3) is 5.56 Å². The molecule has 2 N–H and O–H groups in total. The number of hydrogen-bond donors (Lipinski definition) is 2. The maximum absolute atomic E-state index is 13.5. The van der Waals surface area contributed by atoms with Gasteiger partial charge in [0.15, 0.2) is 0 Å². The molecule has 2 aromatic heterocycles. The highest BCUT2D eigenvalue weighted by atomic mass is 16.3. The summed E-state index contributed by atoms with van der Waals surface area (Å²) in [4.78, 5) is 32.4. The molecule has 0 unspecified atom stereocenters. The third-order valence-electron chi connectivity index (χ3n) is 7.01. The van der Waals surface area contributed by atoms with Crippen LogP contribution in [0, 0.1) is 11.8 Å². The van der Waals surface area contributed by atoms with Crippen LogP contribution in [-0.2, 0) is 24.3 Å². The second-order valence-corrected chi connectivity index (χ2v) is 8.81. The van der Waals surface area contributed by atoms with E-state index in [4.69, 9.17) is 0 Å². The van der Waals surface area contributed by atoms with Gasteiger partial charge in [-0.2, -0.15) is 0 Å². The van der Waals surface area contributed by atoms with Crippen LogP contribution in [0.15, 0.2) is 77.7 Å². The third-order valence-corrected chi connectivity index (χ3v) is 7.01. The fraction of sp³-hybridized carbons (Fsp3) is 0.346. The predicted octanol–water partition coefficient (Wildman–Crippen LogP) is 1.77. The number of aliphatic hydroxyl groups is 1. The van der Waals surface area contributed by atoms with E-state index in [0.29, 0.717) is 19.6 Å². The fourth-order valence-electron chi connectivity index (χ4n) is 5.50. The van der Waals surface area contributed by atoms with Gasteiger partial charge in [-0.25, -0.2) is 0 Å². The van der Waals surface area contributed by atoms with E-state index in [1.807, 2.05) is 42.5 Å². The highest BCUT2D eigenvalue weighted by Crippen LogP contribution is 2.48. The minimum atomic E-state index is -0.471. The lowest BCUT2D eigenvalue weighted by molar-refractivity contribution is -0.127. The average molecular weight is 445 g/mol. The Bertz CT molecular complexity index is 1160. The van der Waals surface area contributed by atoms with Crippen molar-refractivity contribution >= 4 is 5.91 Å². The average Bonchev–Trinajstić information content (AvgIpc) is 3.38. The monoisotopic (exact) mass is 444 g/mol. The summed E-state index contributed by atoms with van der Waals surface area (Å²) < 4.78 is 1.80. The second-order valence-electron chi connectivity index (χ2n) is 8.81. The molecule has 1 aromatic carbocycles. The Morgan fingerprint density at radius 1 is 1.06 bits per heavy atom. The number of benzene rings is 1. The molecule has 0 saturated carbocycles. The van der Waals surface area contributed by atoms with Gasteiger partial charge in [0.1, 0.15) is 0 Å². The number of rotatable bonds is 7. The van der Waals surface area contributed by atoms with E-state index in [1.54, 1.807) is 22.9 Å². The van der Waals surface area contributed by atoms with E-state index >= 15 is 0 Å². The van der Waals surface area contributed by atoms with Crippen molar-refractivity contribution in [3.63, 3.8) is 0 Å². The number of aromatic nitrogens is 2. The van der Waals surface area contributed by atoms with Crippen molar-refractivity contribution < 1.29 is 9.90 Å². The van der Waals surface area contributed by atoms with E-state index in [1.165, 1.54) is 5.56 Å². The topological polar surface area (TPSA) is 87.5 Å². The molecular weight excluding hydrogens is 416 g/mol. The number of nitrogens with zero attached hydrogens (tertiary/aromatic N) is 3. The van der Waals surface area contributed by atoms with Gasteiger partial charge in [0, 0.05) is 49.5 Å². The highest BCUT2D eigenvalue weighted by molar-refractivity contribution is 5.82. The van der Waals surface area contributed by atoms with E-state index in [2.05, 4.69) is 27.3 Å². The first-order valence-corrected chi connectivity index (χ1v) is 11.5. The van der Waals surface area contributed by atoms with Gasteiger partial charge in [-0.15, -0.1) is 0 Å². The molecule has 170 valence electrons. The normalized spacial score (nSPS) is 23.8.